The van der Waals surface area contributed by atoms with Gasteiger partial charge in [-0.15, -0.1) is 0 Å². The Labute approximate surface area is 85.2 Å². The highest BCUT2D eigenvalue weighted by atomic mass is 79.9. The largest absolute Gasteiger partial charge is 0.460 e. The van der Waals surface area contributed by atoms with Gasteiger partial charge in [-0.3, -0.25) is 0 Å². The van der Waals surface area contributed by atoms with E-state index in [1.165, 1.54) is 0 Å². The van der Waals surface area contributed by atoms with Gasteiger partial charge in [0.05, 0.1) is 6.61 Å². The average molecular weight is 247 g/mol. The second-order valence-electron chi connectivity index (χ2n) is 2.55. The Morgan fingerprint density at radius 2 is 2.38 bits per heavy atom. The molecular weight excluding hydrogens is 236 g/mol. The Morgan fingerprint density at radius 3 is 2.85 bits per heavy atom. The summed E-state index contributed by atoms with van der Waals surface area (Å²) in [4.78, 5) is 11.2. The van der Waals surface area contributed by atoms with E-state index in [2.05, 4.69) is 15.9 Å². The summed E-state index contributed by atoms with van der Waals surface area (Å²) in [7, 11) is 0. The zero-order valence-electron chi connectivity index (χ0n) is 7.59. The summed E-state index contributed by atoms with van der Waals surface area (Å²) >= 11 is 3.30. The molecule has 1 aromatic heterocycles. The fourth-order valence-electron chi connectivity index (χ4n) is 0.955. The molecule has 0 bridgehead atoms. The lowest BCUT2D eigenvalue weighted by Crippen LogP contribution is -2.02. The Balaban J connectivity index is 2.84. The third kappa shape index (κ3) is 2.34. The minimum Gasteiger partial charge on any atom is -0.460 e. The van der Waals surface area contributed by atoms with Crippen LogP contribution >= 0.6 is 15.9 Å². The lowest BCUT2D eigenvalue weighted by molar-refractivity contribution is 0.0488. The van der Waals surface area contributed by atoms with Gasteiger partial charge < -0.3 is 9.15 Å². The highest BCUT2D eigenvalue weighted by molar-refractivity contribution is 9.08. The molecule has 0 saturated heterocycles. The van der Waals surface area contributed by atoms with E-state index in [1.54, 1.807) is 13.0 Å². The molecule has 1 heterocycles. The number of halogens is 1. The molecule has 4 heteroatoms. The number of furan rings is 1. The summed E-state index contributed by atoms with van der Waals surface area (Å²) < 4.78 is 10.0. The summed E-state index contributed by atoms with van der Waals surface area (Å²) in [5.41, 5.74) is 0.975. The van der Waals surface area contributed by atoms with Crippen LogP contribution in [0, 0.1) is 6.92 Å². The zero-order valence-corrected chi connectivity index (χ0v) is 9.18. The van der Waals surface area contributed by atoms with Crippen molar-refractivity contribution in [3.8, 4) is 0 Å². The first-order valence-electron chi connectivity index (χ1n) is 4.01. The third-order valence-corrected chi connectivity index (χ3v) is 2.25. The minimum absolute atomic E-state index is 0.272. The number of hydrogen-bond acceptors (Lipinski definition) is 3. The number of esters is 1. The fraction of sp³-hybridized carbons (Fsp3) is 0.444. The van der Waals surface area contributed by atoms with Gasteiger partial charge in [0.25, 0.3) is 0 Å². The summed E-state index contributed by atoms with van der Waals surface area (Å²) in [5.74, 6) is 0.617. The molecule has 0 N–H and O–H groups in total. The first kappa shape index (κ1) is 10.3. The number of carbonyl (C=O) groups excluding carboxylic acids is 1. The van der Waals surface area contributed by atoms with Gasteiger partial charge in [0.1, 0.15) is 5.76 Å². The van der Waals surface area contributed by atoms with E-state index in [1.807, 2.05) is 6.92 Å². The molecule has 0 fully saturated rings. The van der Waals surface area contributed by atoms with Crippen molar-refractivity contribution in [2.45, 2.75) is 19.2 Å². The maximum Gasteiger partial charge on any atom is 0.374 e. The smallest absolute Gasteiger partial charge is 0.374 e. The van der Waals surface area contributed by atoms with Gasteiger partial charge >= 0.3 is 5.97 Å². The zero-order chi connectivity index (χ0) is 9.84. The molecule has 0 spiro atoms. The quantitative estimate of drug-likeness (QED) is 0.608. The molecule has 0 aromatic carbocycles. The Bertz CT molecular complexity index is 304. The van der Waals surface area contributed by atoms with Gasteiger partial charge in [-0.2, -0.15) is 0 Å². The highest BCUT2D eigenvalue weighted by Crippen LogP contribution is 2.17. The monoisotopic (exact) mass is 246 g/mol. The van der Waals surface area contributed by atoms with Gasteiger partial charge in [-0.05, 0) is 19.9 Å². The van der Waals surface area contributed by atoms with Crippen LogP contribution in [0.4, 0.5) is 0 Å². The van der Waals surface area contributed by atoms with E-state index >= 15 is 0 Å². The van der Waals surface area contributed by atoms with E-state index in [4.69, 9.17) is 9.15 Å². The van der Waals surface area contributed by atoms with Crippen LogP contribution in [-0.2, 0) is 10.1 Å². The lowest BCUT2D eigenvalue weighted by atomic mass is 10.3. The molecule has 0 unspecified atom stereocenters. The van der Waals surface area contributed by atoms with Crippen molar-refractivity contribution in [2.75, 3.05) is 6.61 Å². The molecule has 0 atom stereocenters. The fourth-order valence-corrected chi connectivity index (χ4v) is 1.51. The molecule has 0 aliphatic carbocycles. The minimum atomic E-state index is -0.405. The Morgan fingerprint density at radius 1 is 1.69 bits per heavy atom. The molecule has 72 valence electrons. The molecule has 0 aliphatic rings. The average Bonchev–Trinajstić information content (AvgIpc) is 2.47. The van der Waals surface area contributed by atoms with E-state index < -0.39 is 5.97 Å². The summed E-state index contributed by atoms with van der Waals surface area (Å²) in [6.45, 7) is 3.95. The second kappa shape index (κ2) is 4.46. The van der Waals surface area contributed by atoms with Crippen LogP contribution in [0.2, 0.25) is 0 Å². The van der Waals surface area contributed by atoms with E-state index in [9.17, 15) is 4.79 Å². The van der Waals surface area contributed by atoms with Crippen LogP contribution in [-0.4, -0.2) is 12.6 Å². The molecule has 0 aliphatic heterocycles. The van der Waals surface area contributed by atoms with Crippen molar-refractivity contribution < 1.29 is 13.9 Å². The SMILES string of the molecule is CCOC(=O)c1cc(CBr)c(C)o1. The maximum atomic E-state index is 11.2. The molecule has 3 nitrogen and oxygen atoms in total. The van der Waals surface area contributed by atoms with Gasteiger partial charge in [-0.1, -0.05) is 15.9 Å². The van der Waals surface area contributed by atoms with E-state index in [0.29, 0.717) is 11.9 Å². The number of hydrogen-bond donors (Lipinski definition) is 0. The van der Waals surface area contributed by atoms with Crippen molar-refractivity contribution in [2.24, 2.45) is 0 Å². The van der Waals surface area contributed by atoms with Crippen molar-refractivity contribution >= 4 is 21.9 Å². The number of aryl methyl sites for hydroxylation is 1. The Hall–Kier alpha value is -0.770. The maximum absolute atomic E-state index is 11.2. The van der Waals surface area contributed by atoms with E-state index in [-0.39, 0.29) is 5.76 Å². The van der Waals surface area contributed by atoms with Gasteiger partial charge in [0.2, 0.25) is 5.76 Å². The molecule has 0 amide bonds. The van der Waals surface area contributed by atoms with Crippen LogP contribution in [0.25, 0.3) is 0 Å². The summed E-state index contributed by atoms with van der Waals surface area (Å²) in [5, 5.41) is 0.682. The summed E-state index contributed by atoms with van der Waals surface area (Å²) in [6.07, 6.45) is 0. The summed E-state index contributed by atoms with van der Waals surface area (Å²) in [6, 6.07) is 1.70. The Kier molecular flexibility index (Phi) is 3.54. The number of carbonyl (C=O) groups is 1. The van der Waals surface area contributed by atoms with Crippen molar-refractivity contribution in [3.63, 3.8) is 0 Å². The normalized spacial score (nSPS) is 10.1. The van der Waals surface area contributed by atoms with Gasteiger partial charge in [-0.25, -0.2) is 4.79 Å². The third-order valence-electron chi connectivity index (χ3n) is 1.64. The number of alkyl halides is 1. The van der Waals surface area contributed by atoms with Crippen LogP contribution in [0.5, 0.6) is 0 Å². The second-order valence-corrected chi connectivity index (χ2v) is 3.11. The number of rotatable bonds is 3. The van der Waals surface area contributed by atoms with Crippen molar-refractivity contribution in [3.05, 3.63) is 23.2 Å². The predicted octanol–water partition coefficient (Wildman–Crippen LogP) is 2.66. The first-order valence-corrected chi connectivity index (χ1v) is 5.13. The molecular formula is C9H11BrO3. The molecule has 0 radical (unpaired) electrons. The van der Waals surface area contributed by atoms with Crippen LogP contribution in [0.15, 0.2) is 10.5 Å². The predicted molar refractivity (Wildman–Crippen MR) is 52.0 cm³/mol. The molecule has 13 heavy (non-hydrogen) atoms. The lowest BCUT2D eigenvalue weighted by Gasteiger charge is -1.95. The molecule has 1 aromatic rings. The van der Waals surface area contributed by atoms with Crippen LogP contribution < -0.4 is 0 Å². The van der Waals surface area contributed by atoms with Crippen LogP contribution in [0.3, 0.4) is 0 Å². The molecule has 0 saturated carbocycles. The molecule has 1 rings (SSSR count). The van der Waals surface area contributed by atoms with Crippen molar-refractivity contribution in [1.82, 2.24) is 0 Å². The van der Waals surface area contributed by atoms with Gasteiger partial charge in [0, 0.05) is 10.9 Å². The van der Waals surface area contributed by atoms with Crippen LogP contribution in [0.1, 0.15) is 28.8 Å². The standard InChI is InChI=1S/C9H11BrO3/c1-3-12-9(11)8-4-7(5-10)6(2)13-8/h4H,3,5H2,1-2H3. The number of ether oxygens (including phenoxy) is 1. The topological polar surface area (TPSA) is 39.4 Å². The van der Waals surface area contributed by atoms with Gasteiger partial charge in [0.15, 0.2) is 0 Å². The highest BCUT2D eigenvalue weighted by Gasteiger charge is 2.14. The first-order chi connectivity index (χ1) is 6.19. The van der Waals surface area contributed by atoms with E-state index in [0.717, 1.165) is 11.3 Å². The van der Waals surface area contributed by atoms with Crippen molar-refractivity contribution in [1.29, 1.82) is 0 Å².